The van der Waals surface area contributed by atoms with E-state index >= 15 is 0 Å². The summed E-state index contributed by atoms with van der Waals surface area (Å²) in [5.74, 6) is -0.201. The normalized spacial score (nSPS) is 13.8. The second kappa shape index (κ2) is 70.5. The van der Waals surface area contributed by atoms with Crippen molar-refractivity contribution in [3.8, 4) is 0 Å². The molecule has 1 amide bonds. The summed E-state index contributed by atoms with van der Waals surface area (Å²) < 4.78 is 23.5. The maximum absolute atomic E-state index is 13.1. The van der Waals surface area contributed by atoms with E-state index in [1.165, 1.54) is 321 Å². The van der Waals surface area contributed by atoms with Crippen LogP contribution in [0.3, 0.4) is 0 Å². The molecule has 9 heteroatoms. The Kier molecular flexibility index (Phi) is 69.1. The van der Waals surface area contributed by atoms with Crippen LogP contribution in [0.1, 0.15) is 393 Å². The number of carbonyl (C=O) groups excluding carboxylic acids is 1. The number of quaternary nitrogens is 1. The fourth-order valence-corrected chi connectivity index (χ4v) is 12.6. The number of phosphoric ester groups is 1. The van der Waals surface area contributed by atoms with Crippen LogP contribution >= 0.6 is 7.82 Å². The minimum Gasteiger partial charge on any atom is -0.756 e. The average molecular weight is 1270 g/mol. The topological polar surface area (TPSA) is 108 Å². The third-order valence-electron chi connectivity index (χ3n) is 17.9. The molecule has 0 fully saturated rings. The zero-order chi connectivity index (χ0) is 64.8. The van der Waals surface area contributed by atoms with Crippen LogP contribution in [0.25, 0.3) is 0 Å². The lowest BCUT2D eigenvalue weighted by atomic mass is 10.0. The van der Waals surface area contributed by atoms with Crippen LogP contribution < -0.4 is 10.2 Å². The van der Waals surface area contributed by atoms with Gasteiger partial charge in [0.25, 0.3) is 7.82 Å². The molecule has 0 aromatic rings. The monoisotopic (exact) mass is 1270 g/mol. The van der Waals surface area contributed by atoms with Crippen LogP contribution in [0.5, 0.6) is 0 Å². The molecule has 3 unspecified atom stereocenters. The van der Waals surface area contributed by atoms with Crippen LogP contribution in [-0.2, 0) is 18.4 Å². The third-order valence-corrected chi connectivity index (χ3v) is 18.9. The van der Waals surface area contributed by atoms with Gasteiger partial charge in [-0.2, -0.15) is 0 Å². The third kappa shape index (κ3) is 73.5. The first-order valence-corrected chi connectivity index (χ1v) is 40.6. The smallest absolute Gasteiger partial charge is 0.268 e. The molecule has 0 spiro atoms. The largest absolute Gasteiger partial charge is 0.756 e. The quantitative estimate of drug-likeness (QED) is 0.0272. The molecule has 0 heterocycles. The summed E-state index contributed by atoms with van der Waals surface area (Å²) in [6, 6.07) is -0.906. The molecule has 0 bridgehead atoms. The van der Waals surface area contributed by atoms with Crippen LogP contribution in [0, 0.1) is 0 Å². The summed E-state index contributed by atoms with van der Waals surface area (Å²) >= 11 is 0. The van der Waals surface area contributed by atoms with Gasteiger partial charge in [-0.1, -0.05) is 376 Å². The highest BCUT2D eigenvalue weighted by molar-refractivity contribution is 7.45. The van der Waals surface area contributed by atoms with Crippen molar-refractivity contribution >= 4 is 13.7 Å². The van der Waals surface area contributed by atoms with Gasteiger partial charge >= 0.3 is 0 Å². The molecule has 2 N–H and O–H groups in total. The van der Waals surface area contributed by atoms with Crippen molar-refractivity contribution in [2.45, 2.75) is 405 Å². The highest BCUT2D eigenvalue weighted by Gasteiger charge is 2.23. The molecule has 3 atom stereocenters. The van der Waals surface area contributed by atoms with E-state index < -0.39 is 26.6 Å². The van der Waals surface area contributed by atoms with Gasteiger partial charge < -0.3 is 28.8 Å². The van der Waals surface area contributed by atoms with Crippen LogP contribution in [-0.4, -0.2) is 68.5 Å². The molecular formula is C80H153N2O6P. The van der Waals surface area contributed by atoms with Crippen molar-refractivity contribution in [1.29, 1.82) is 0 Å². The van der Waals surface area contributed by atoms with Crippen LogP contribution in [0.4, 0.5) is 0 Å². The van der Waals surface area contributed by atoms with Gasteiger partial charge in [0.1, 0.15) is 13.2 Å². The zero-order valence-corrected chi connectivity index (χ0v) is 61.0. The number of nitrogens with zero attached hydrogens (tertiary/aromatic N) is 1. The summed E-state index contributed by atoms with van der Waals surface area (Å²) in [7, 11) is 1.26. The molecule has 0 aromatic heterocycles. The van der Waals surface area contributed by atoms with E-state index in [4.69, 9.17) is 9.05 Å². The standard InChI is InChI=1S/C80H153N2O6P/c1-6-8-10-12-14-16-18-20-22-24-26-28-30-32-34-36-38-40-41-42-44-46-48-50-52-54-56-58-60-62-64-66-68-70-72-74-80(84)81-78(77-88-89(85,86)87-76-75-82(3,4)5)79(83)73-71-69-67-65-63-61-59-57-55-53-51-49-47-45-43-39-37-35-33-31-29-27-25-23-21-19-17-15-13-11-9-7-2/h18,20,24,26,30,32,63,65,71,73,78-79,83H,6-17,19,21-23,25,27-29,31,33-62,64,66-70,72,74-77H2,1-5H3,(H-,81,84,85,86)/b20-18-,26-24-,32-30-,65-63+,73-71+. The Hall–Kier alpha value is -1.80. The van der Waals surface area contributed by atoms with E-state index in [1.807, 2.05) is 27.2 Å². The van der Waals surface area contributed by atoms with Gasteiger partial charge in [-0.25, -0.2) is 0 Å². The maximum Gasteiger partial charge on any atom is 0.268 e. The molecule has 524 valence electrons. The Labute approximate surface area is 555 Å². The number of hydrogen-bond donors (Lipinski definition) is 2. The van der Waals surface area contributed by atoms with Gasteiger partial charge in [-0.3, -0.25) is 9.36 Å². The Morgan fingerprint density at radius 1 is 0.393 bits per heavy atom. The summed E-state index contributed by atoms with van der Waals surface area (Å²) in [6.45, 7) is 4.67. The van der Waals surface area contributed by atoms with Crippen molar-refractivity contribution in [1.82, 2.24) is 5.32 Å². The second-order valence-corrected chi connectivity index (χ2v) is 29.5. The second-order valence-electron chi connectivity index (χ2n) is 28.1. The van der Waals surface area contributed by atoms with Gasteiger partial charge in [0, 0.05) is 6.42 Å². The van der Waals surface area contributed by atoms with Crippen molar-refractivity contribution < 1.29 is 32.9 Å². The van der Waals surface area contributed by atoms with Gasteiger partial charge in [-0.05, 0) is 70.6 Å². The van der Waals surface area contributed by atoms with Gasteiger partial charge in [0.2, 0.25) is 5.91 Å². The Bertz CT molecular complexity index is 1640. The number of aliphatic hydroxyl groups excluding tert-OH is 1. The van der Waals surface area contributed by atoms with Gasteiger partial charge in [0.15, 0.2) is 0 Å². The minimum absolute atomic E-state index is 0.00581. The van der Waals surface area contributed by atoms with Crippen LogP contribution in [0.2, 0.25) is 0 Å². The summed E-state index contributed by atoms with van der Waals surface area (Å²) in [5.41, 5.74) is 0. The van der Waals surface area contributed by atoms with Gasteiger partial charge in [-0.15, -0.1) is 0 Å². The number of aliphatic hydroxyl groups is 1. The molecule has 0 aliphatic carbocycles. The molecule has 89 heavy (non-hydrogen) atoms. The SMILES string of the molecule is CCCCCCC/C=C\C/C=C\C/C=C\CCCCCCCCCCCCCCCCCCCCCCC(=O)NC(COP(=O)([O-])OCC[N+](C)(C)C)C(O)/C=C/CC/C=C/CCCCCCCCCCCCCCCCCCCCCCCCCCCC. The van der Waals surface area contributed by atoms with E-state index in [9.17, 15) is 19.4 Å². The van der Waals surface area contributed by atoms with Crippen molar-refractivity contribution in [3.05, 3.63) is 60.8 Å². The first-order valence-electron chi connectivity index (χ1n) is 39.2. The molecule has 0 aliphatic heterocycles. The Balaban J connectivity index is 4.01. The maximum atomic E-state index is 13.1. The van der Waals surface area contributed by atoms with E-state index in [0.29, 0.717) is 17.4 Å². The van der Waals surface area contributed by atoms with Gasteiger partial charge in [0.05, 0.1) is 39.9 Å². The summed E-state index contributed by atoms with van der Waals surface area (Å²) in [6.07, 6.45) is 98.2. The highest BCUT2D eigenvalue weighted by Crippen LogP contribution is 2.38. The number of nitrogens with one attached hydrogen (secondary N) is 1. The fourth-order valence-electron chi connectivity index (χ4n) is 11.9. The summed E-state index contributed by atoms with van der Waals surface area (Å²) in [5, 5.41) is 14.0. The lowest BCUT2D eigenvalue weighted by Crippen LogP contribution is -2.45. The molecule has 8 nitrogen and oxygen atoms in total. The van der Waals surface area contributed by atoms with Crippen molar-refractivity contribution in [2.75, 3.05) is 40.9 Å². The lowest BCUT2D eigenvalue weighted by Gasteiger charge is -2.29. The van der Waals surface area contributed by atoms with Crippen molar-refractivity contribution in [2.24, 2.45) is 0 Å². The Morgan fingerprint density at radius 2 is 0.663 bits per heavy atom. The molecule has 0 aromatic carbocycles. The molecule has 0 aliphatic rings. The average Bonchev–Trinajstić information content (AvgIpc) is 3.64. The minimum atomic E-state index is -4.62. The number of rotatable bonds is 73. The highest BCUT2D eigenvalue weighted by atomic mass is 31.2. The zero-order valence-electron chi connectivity index (χ0n) is 60.2. The predicted octanol–water partition coefficient (Wildman–Crippen LogP) is 24.9. The molecule has 0 saturated heterocycles. The van der Waals surface area contributed by atoms with Crippen molar-refractivity contribution in [3.63, 3.8) is 0 Å². The Morgan fingerprint density at radius 3 is 0.989 bits per heavy atom. The molecule has 0 saturated carbocycles. The molecule has 0 rings (SSSR count). The predicted molar refractivity (Wildman–Crippen MR) is 390 cm³/mol. The fraction of sp³-hybridized carbons (Fsp3) is 0.863. The number of amides is 1. The first kappa shape index (κ1) is 87.2. The number of phosphoric acid groups is 1. The summed E-state index contributed by atoms with van der Waals surface area (Å²) in [4.78, 5) is 25.7. The number of unbranched alkanes of at least 4 members (excludes halogenated alkanes) is 52. The number of likely N-dealkylation sites (N-methyl/N-ethyl adjacent to an activating group) is 1. The van der Waals surface area contributed by atoms with E-state index in [-0.39, 0.29) is 12.5 Å². The van der Waals surface area contributed by atoms with E-state index in [0.717, 1.165) is 51.4 Å². The number of carbonyl (C=O) groups is 1. The van der Waals surface area contributed by atoms with E-state index in [2.05, 4.69) is 67.8 Å². The number of hydrogen-bond acceptors (Lipinski definition) is 6. The van der Waals surface area contributed by atoms with E-state index in [1.54, 1.807) is 6.08 Å². The molecule has 0 radical (unpaired) electrons. The van der Waals surface area contributed by atoms with Crippen LogP contribution in [0.15, 0.2) is 60.8 Å². The lowest BCUT2D eigenvalue weighted by molar-refractivity contribution is -0.870. The first-order chi connectivity index (χ1) is 43.5. The molecular weight excluding hydrogens is 1120 g/mol. The number of allylic oxidation sites excluding steroid dienone is 9.